The van der Waals surface area contributed by atoms with Crippen molar-refractivity contribution in [3.63, 3.8) is 0 Å². The number of hydrogen-bond acceptors (Lipinski definition) is 3. The Morgan fingerprint density at radius 1 is 1.22 bits per heavy atom. The number of ether oxygens (including phenoxy) is 1. The molecule has 0 saturated carbocycles. The Kier molecular flexibility index (Phi) is 7.47. The monoisotopic (exact) mass is 266 g/mol. The first-order valence-corrected chi connectivity index (χ1v) is 6.13. The number of carbonyl (C=O) groups is 2. The molecule has 0 amide bonds. The number of alkyl halides is 2. The molecule has 0 aliphatic heterocycles. The van der Waals surface area contributed by atoms with Crippen molar-refractivity contribution in [2.45, 2.75) is 64.4 Å². The molecule has 0 aliphatic carbocycles. The highest BCUT2D eigenvalue weighted by atomic mass is 19.3. The van der Waals surface area contributed by atoms with Crippen molar-refractivity contribution in [2.75, 3.05) is 0 Å². The SMILES string of the molecule is CCCCCCCC(=O)OC(C)C(F)(F)C(=O)O. The summed E-state index contributed by atoms with van der Waals surface area (Å²) in [4.78, 5) is 21.4. The van der Waals surface area contributed by atoms with Gasteiger partial charge in [0.25, 0.3) is 0 Å². The van der Waals surface area contributed by atoms with Crippen LogP contribution in [0.3, 0.4) is 0 Å². The number of esters is 1. The van der Waals surface area contributed by atoms with Crippen molar-refractivity contribution in [1.29, 1.82) is 0 Å². The van der Waals surface area contributed by atoms with Crippen LogP contribution in [0.5, 0.6) is 0 Å². The second-order valence-electron chi connectivity index (χ2n) is 4.22. The summed E-state index contributed by atoms with van der Waals surface area (Å²) in [5.74, 6) is -7.11. The number of carboxylic acid groups (broad SMARTS) is 1. The van der Waals surface area contributed by atoms with Crippen LogP contribution >= 0.6 is 0 Å². The topological polar surface area (TPSA) is 63.6 Å². The maximum absolute atomic E-state index is 12.9. The van der Waals surface area contributed by atoms with Gasteiger partial charge in [-0.15, -0.1) is 0 Å². The van der Waals surface area contributed by atoms with E-state index in [0.717, 1.165) is 32.6 Å². The van der Waals surface area contributed by atoms with E-state index in [-0.39, 0.29) is 6.42 Å². The fourth-order valence-electron chi connectivity index (χ4n) is 1.38. The molecule has 1 N–H and O–H groups in total. The summed E-state index contributed by atoms with van der Waals surface area (Å²) < 4.78 is 30.2. The standard InChI is InChI=1S/C12H20F2O4/c1-3-4-5-6-7-8-10(15)18-9(2)12(13,14)11(16)17/h9H,3-8H2,1-2H3,(H,16,17). The van der Waals surface area contributed by atoms with Gasteiger partial charge in [0, 0.05) is 6.42 Å². The zero-order chi connectivity index (χ0) is 14.2. The molecular weight excluding hydrogens is 246 g/mol. The van der Waals surface area contributed by atoms with Crippen LogP contribution in [0.1, 0.15) is 52.4 Å². The van der Waals surface area contributed by atoms with E-state index >= 15 is 0 Å². The van der Waals surface area contributed by atoms with Crippen molar-refractivity contribution in [2.24, 2.45) is 0 Å². The number of carboxylic acids is 1. The Morgan fingerprint density at radius 2 is 1.78 bits per heavy atom. The number of unbranched alkanes of at least 4 members (excludes halogenated alkanes) is 4. The van der Waals surface area contributed by atoms with Crippen molar-refractivity contribution in [3.8, 4) is 0 Å². The van der Waals surface area contributed by atoms with Crippen LogP contribution in [0.25, 0.3) is 0 Å². The molecule has 1 atom stereocenters. The van der Waals surface area contributed by atoms with Crippen LogP contribution in [0.15, 0.2) is 0 Å². The first-order chi connectivity index (χ1) is 8.32. The van der Waals surface area contributed by atoms with E-state index in [9.17, 15) is 18.4 Å². The Morgan fingerprint density at radius 3 is 2.28 bits per heavy atom. The van der Waals surface area contributed by atoms with Crippen molar-refractivity contribution < 1.29 is 28.2 Å². The Balaban J connectivity index is 3.91. The molecule has 0 fully saturated rings. The van der Waals surface area contributed by atoms with Crippen LogP contribution in [-0.4, -0.2) is 29.1 Å². The molecule has 18 heavy (non-hydrogen) atoms. The van der Waals surface area contributed by atoms with Gasteiger partial charge >= 0.3 is 17.9 Å². The van der Waals surface area contributed by atoms with Crippen LogP contribution in [0, 0.1) is 0 Å². The van der Waals surface area contributed by atoms with Gasteiger partial charge in [0.2, 0.25) is 0 Å². The van der Waals surface area contributed by atoms with E-state index in [2.05, 4.69) is 11.7 Å². The molecule has 0 saturated heterocycles. The molecule has 4 nitrogen and oxygen atoms in total. The molecule has 0 spiro atoms. The number of hydrogen-bond donors (Lipinski definition) is 1. The summed E-state index contributed by atoms with van der Waals surface area (Å²) in [5, 5.41) is 8.26. The van der Waals surface area contributed by atoms with E-state index < -0.39 is 24.0 Å². The highest BCUT2D eigenvalue weighted by Gasteiger charge is 2.47. The van der Waals surface area contributed by atoms with Gasteiger partial charge < -0.3 is 9.84 Å². The minimum atomic E-state index is -4.04. The van der Waals surface area contributed by atoms with Crippen molar-refractivity contribution in [3.05, 3.63) is 0 Å². The van der Waals surface area contributed by atoms with E-state index in [1.54, 1.807) is 0 Å². The summed E-state index contributed by atoms with van der Waals surface area (Å²) in [6.07, 6.45) is 2.65. The summed E-state index contributed by atoms with van der Waals surface area (Å²) >= 11 is 0. The lowest BCUT2D eigenvalue weighted by molar-refractivity contribution is -0.190. The second-order valence-corrected chi connectivity index (χ2v) is 4.22. The lowest BCUT2D eigenvalue weighted by atomic mass is 10.1. The molecule has 0 aromatic rings. The Bertz CT molecular complexity index is 279. The quantitative estimate of drug-likeness (QED) is 0.514. The average molecular weight is 266 g/mol. The number of rotatable bonds is 9. The molecule has 0 aromatic heterocycles. The number of aliphatic carboxylic acids is 1. The highest BCUT2D eigenvalue weighted by molar-refractivity contribution is 5.77. The smallest absolute Gasteiger partial charge is 0.378 e. The lowest BCUT2D eigenvalue weighted by Crippen LogP contribution is -2.42. The predicted octanol–water partition coefficient (Wildman–Crippen LogP) is 3.00. The minimum absolute atomic E-state index is 0.0454. The third kappa shape index (κ3) is 5.93. The largest absolute Gasteiger partial charge is 0.477 e. The van der Waals surface area contributed by atoms with Crippen LogP contribution < -0.4 is 0 Å². The van der Waals surface area contributed by atoms with Gasteiger partial charge in [0.15, 0.2) is 6.10 Å². The van der Waals surface area contributed by atoms with Gasteiger partial charge in [-0.05, 0) is 13.3 Å². The van der Waals surface area contributed by atoms with Gasteiger partial charge in [-0.2, -0.15) is 8.78 Å². The maximum Gasteiger partial charge on any atom is 0.378 e. The average Bonchev–Trinajstić information content (AvgIpc) is 2.28. The van der Waals surface area contributed by atoms with E-state index in [4.69, 9.17) is 5.11 Å². The Labute approximate surface area is 105 Å². The van der Waals surface area contributed by atoms with Gasteiger partial charge in [-0.3, -0.25) is 4.79 Å². The number of halogens is 2. The molecule has 0 aliphatic rings. The first-order valence-electron chi connectivity index (χ1n) is 6.13. The predicted molar refractivity (Wildman–Crippen MR) is 61.5 cm³/mol. The van der Waals surface area contributed by atoms with E-state index in [0.29, 0.717) is 6.42 Å². The summed E-state index contributed by atoms with van der Waals surface area (Å²) in [7, 11) is 0. The number of carbonyl (C=O) groups excluding carboxylic acids is 1. The lowest BCUT2D eigenvalue weighted by Gasteiger charge is -2.19. The molecule has 1 unspecified atom stereocenters. The minimum Gasteiger partial charge on any atom is -0.477 e. The normalized spacial score (nSPS) is 13.1. The van der Waals surface area contributed by atoms with Crippen LogP contribution in [0.2, 0.25) is 0 Å². The second kappa shape index (κ2) is 8.00. The molecule has 6 heteroatoms. The Hall–Kier alpha value is -1.20. The zero-order valence-electron chi connectivity index (χ0n) is 10.7. The van der Waals surface area contributed by atoms with Gasteiger partial charge in [-0.1, -0.05) is 32.6 Å². The summed E-state index contributed by atoms with van der Waals surface area (Å²) in [6, 6.07) is 0. The van der Waals surface area contributed by atoms with Crippen LogP contribution in [-0.2, 0) is 14.3 Å². The van der Waals surface area contributed by atoms with E-state index in [1.165, 1.54) is 0 Å². The van der Waals surface area contributed by atoms with Crippen molar-refractivity contribution >= 4 is 11.9 Å². The van der Waals surface area contributed by atoms with Gasteiger partial charge in [0.05, 0.1) is 0 Å². The van der Waals surface area contributed by atoms with Gasteiger partial charge in [-0.25, -0.2) is 4.79 Å². The molecular formula is C12H20F2O4. The zero-order valence-corrected chi connectivity index (χ0v) is 10.7. The fourth-order valence-corrected chi connectivity index (χ4v) is 1.38. The maximum atomic E-state index is 12.9. The molecule has 0 rings (SSSR count). The highest BCUT2D eigenvalue weighted by Crippen LogP contribution is 2.22. The third-order valence-electron chi connectivity index (χ3n) is 2.59. The van der Waals surface area contributed by atoms with Crippen LogP contribution in [0.4, 0.5) is 8.78 Å². The molecule has 0 heterocycles. The summed E-state index contributed by atoms with van der Waals surface area (Å²) in [5.41, 5.74) is 0. The third-order valence-corrected chi connectivity index (χ3v) is 2.59. The fraction of sp³-hybridized carbons (Fsp3) is 0.833. The van der Waals surface area contributed by atoms with Gasteiger partial charge in [0.1, 0.15) is 0 Å². The van der Waals surface area contributed by atoms with Crippen molar-refractivity contribution in [1.82, 2.24) is 0 Å². The summed E-state index contributed by atoms with van der Waals surface area (Å²) in [6.45, 7) is 2.94. The molecule has 0 radical (unpaired) electrons. The molecule has 106 valence electrons. The molecule has 0 aromatic carbocycles. The van der Waals surface area contributed by atoms with E-state index in [1.807, 2.05) is 0 Å². The first kappa shape index (κ1) is 16.8. The molecule has 0 bridgehead atoms.